The first kappa shape index (κ1) is 16.1. The molecule has 0 aliphatic heterocycles. The van der Waals surface area contributed by atoms with Gasteiger partial charge in [0.15, 0.2) is 5.69 Å². The van der Waals surface area contributed by atoms with Gasteiger partial charge in [-0.25, -0.2) is 4.79 Å². The Bertz CT molecular complexity index is 779. The van der Waals surface area contributed by atoms with Gasteiger partial charge in [0.05, 0.1) is 23.4 Å². The summed E-state index contributed by atoms with van der Waals surface area (Å²) in [5.41, 5.74) is 0.898. The van der Waals surface area contributed by atoms with Crippen LogP contribution < -0.4 is 5.32 Å². The standard InChI is InChI=1S/C14H14N4O5/c1-8-11(12(14(20)23-3)17(2)16-8)15-13(19)9-4-6-10(7-5-9)18(21)22/h4-7H,1-3H3,(H,15,19). The van der Waals surface area contributed by atoms with Crippen molar-refractivity contribution in [2.75, 3.05) is 12.4 Å². The second kappa shape index (κ2) is 6.26. The van der Waals surface area contributed by atoms with Gasteiger partial charge in [-0.1, -0.05) is 0 Å². The minimum absolute atomic E-state index is 0.111. The maximum atomic E-state index is 12.2. The molecular weight excluding hydrogens is 304 g/mol. The predicted molar refractivity (Wildman–Crippen MR) is 80.3 cm³/mol. The Labute approximate surface area is 131 Å². The van der Waals surface area contributed by atoms with Gasteiger partial charge in [-0.3, -0.25) is 19.6 Å². The number of nitro groups is 1. The lowest BCUT2D eigenvalue weighted by atomic mass is 10.2. The zero-order chi connectivity index (χ0) is 17.1. The lowest BCUT2D eigenvalue weighted by molar-refractivity contribution is -0.384. The zero-order valence-corrected chi connectivity index (χ0v) is 12.7. The van der Waals surface area contributed by atoms with Crippen LogP contribution in [0.4, 0.5) is 11.4 Å². The van der Waals surface area contributed by atoms with Crippen LogP contribution in [0.15, 0.2) is 24.3 Å². The van der Waals surface area contributed by atoms with Crippen LogP contribution in [-0.4, -0.2) is 33.7 Å². The van der Waals surface area contributed by atoms with Gasteiger partial charge in [-0.15, -0.1) is 0 Å². The summed E-state index contributed by atoms with van der Waals surface area (Å²) in [5.74, 6) is -1.15. The molecule has 0 aliphatic carbocycles. The SMILES string of the molecule is COC(=O)c1c(NC(=O)c2ccc([N+](=O)[O-])cc2)c(C)nn1C. The number of nitrogens with zero attached hydrogens (tertiary/aromatic N) is 3. The van der Waals surface area contributed by atoms with Gasteiger partial charge in [-0.2, -0.15) is 5.10 Å². The Balaban J connectivity index is 2.30. The molecule has 0 fully saturated rings. The van der Waals surface area contributed by atoms with Crippen LogP contribution in [0.3, 0.4) is 0 Å². The van der Waals surface area contributed by atoms with Gasteiger partial charge in [0.2, 0.25) is 0 Å². The van der Waals surface area contributed by atoms with E-state index in [1.807, 2.05) is 0 Å². The minimum atomic E-state index is -0.632. The van der Waals surface area contributed by atoms with Crippen molar-refractivity contribution in [1.82, 2.24) is 9.78 Å². The number of non-ortho nitro benzene ring substituents is 1. The molecular formula is C14H14N4O5. The number of hydrogen-bond acceptors (Lipinski definition) is 6. The summed E-state index contributed by atoms with van der Waals surface area (Å²) in [4.78, 5) is 34.1. The third kappa shape index (κ3) is 3.18. The van der Waals surface area contributed by atoms with Crippen LogP contribution in [0.1, 0.15) is 26.5 Å². The molecule has 9 nitrogen and oxygen atoms in total. The third-order valence-corrected chi connectivity index (χ3v) is 3.18. The summed E-state index contributed by atoms with van der Waals surface area (Å²) in [7, 11) is 2.79. The van der Waals surface area contributed by atoms with Gasteiger partial charge in [0.1, 0.15) is 0 Å². The molecule has 0 saturated carbocycles. The molecule has 0 atom stereocenters. The van der Waals surface area contributed by atoms with E-state index in [1.165, 1.54) is 36.1 Å². The Hall–Kier alpha value is -3.23. The highest BCUT2D eigenvalue weighted by Gasteiger charge is 2.23. The summed E-state index contributed by atoms with van der Waals surface area (Å²) in [5, 5.41) is 17.3. The van der Waals surface area contributed by atoms with Crippen molar-refractivity contribution in [3.63, 3.8) is 0 Å². The Kier molecular flexibility index (Phi) is 4.39. The number of carbonyl (C=O) groups excluding carboxylic acids is 2. The van der Waals surface area contributed by atoms with E-state index in [2.05, 4.69) is 15.2 Å². The summed E-state index contributed by atoms with van der Waals surface area (Å²) in [6.45, 7) is 1.64. The predicted octanol–water partition coefficient (Wildman–Crippen LogP) is 1.68. The van der Waals surface area contributed by atoms with Crippen LogP contribution in [0, 0.1) is 17.0 Å². The fourth-order valence-electron chi connectivity index (χ4n) is 2.06. The normalized spacial score (nSPS) is 10.2. The van der Waals surface area contributed by atoms with E-state index in [0.717, 1.165) is 0 Å². The molecule has 0 spiro atoms. The second-order valence-corrected chi connectivity index (χ2v) is 4.68. The van der Waals surface area contributed by atoms with E-state index in [-0.39, 0.29) is 22.6 Å². The van der Waals surface area contributed by atoms with Gasteiger partial charge >= 0.3 is 5.97 Å². The fraction of sp³-hybridized carbons (Fsp3) is 0.214. The number of aryl methyl sites for hydroxylation is 2. The van der Waals surface area contributed by atoms with Crippen LogP contribution in [0.2, 0.25) is 0 Å². The van der Waals surface area contributed by atoms with E-state index in [0.29, 0.717) is 5.69 Å². The van der Waals surface area contributed by atoms with Gasteiger partial charge < -0.3 is 10.1 Å². The molecule has 1 aromatic carbocycles. The fourth-order valence-corrected chi connectivity index (χ4v) is 2.06. The maximum Gasteiger partial charge on any atom is 0.358 e. The number of rotatable bonds is 4. The van der Waals surface area contributed by atoms with Gasteiger partial charge in [0, 0.05) is 24.7 Å². The Morgan fingerprint density at radius 3 is 2.43 bits per heavy atom. The molecule has 2 rings (SSSR count). The van der Waals surface area contributed by atoms with E-state index in [4.69, 9.17) is 0 Å². The number of methoxy groups -OCH3 is 1. The highest BCUT2D eigenvalue weighted by atomic mass is 16.6. The first-order valence-electron chi connectivity index (χ1n) is 6.53. The van der Waals surface area contributed by atoms with Crippen LogP contribution >= 0.6 is 0 Å². The van der Waals surface area contributed by atoms with Gasteiger partial charge in [0.25, 0.3) is 11.6 Å². The molecule has 0 radical (unpaired) electrons. The molecule has 23 heavy (non-hydrogen) atoms. The smallest absolute Gasteiger partial charge is 0.358 e. The Morgan fingerprint density at radius 2 is 1.91 bits per heavy atom. The van der Waals surface area contributed by atoms with Crippen LogP contribution in [0.5, 0.6) is 0 Å². The zero-order valence-electron chi connectivity index (χ0n) is 12.7. The van der Waals surface area contributed by atoms with Crippen molar-refractivity contribution < 1.29 is 19.2 Å². The van der Waals surface area contributed by atoms with Crippen molar-refractivity contribution in [3.8, 4) is 0 Å². The average Bonchev–Trinajstić information content (AvgIpc) is 2.80. The minimum Gasteiger partial charge on any atom is -0.464 e. The highest BCUT2D eigenvalue weighted by Crippen LogP contribution is 2.22. The van der Waals surface area contributed by atoms with Crippen molar-refractivity contribution >= 4 is 23.3 Å². The number of nitrogens with one attached hydrogen (secondary N) is 1. The van der Waals surface area contributed by atoms with E-state index >= 15 is 0 Å². The van der Waals surface area contributed by atoms with E-state index in [1.54, 1.807) is 14.0 Å². The van der Waals surface area contributed by atoms with Crippen LogP contribution in [-0.2, 0) is 11.8 Å². The van der Waals surface area contributed by atoms with Crippen molar-refractivity contribution in [3.05, 3.63) is 51.3 Å². The number of anilines is 1. The topological polar surface area (TPSA) is 116 Å². The number of aromatic nitrogens is 2. The quantitative estimate of drug-likeness (QED) is 0.521. The number of esters is 1. The molecule has 2 aromatic rings. The van der Waals surface area contributed by atoms with Crippen molar-refractivity contribution in [2.45, 2.75) is 6.92 Å². The summed E-state index contributed by atoms with van der Waals surface area (Å²) in [6.07, 6.45) is 0. The number of nitro benzene ring substituents is 1. The molecule has 0 bridgehead atoms. The largest absolute Gasteiger partial charge is 0.464 e. The molecule has 9 heteroatoms. The second-order valence-electron chi connectivity index (χ2n) is 4.68. The lowest BCUT2D eigenvalue weighted by Crippen LogP contribution is -2.16. The third-order valence-electron chi connectivity index (χ3n) is 3.18. The molecule has 120 valence electrons. The average molecular weight is 318 g/mol. The van der Waals surface area contributed by atoms with Gasteiger partial charge in [-0.05, 0) is 19.1 Å². The number of amides is 1. The number of hydrogen-bond donors (Lipinski definition) is 1. The molecule has 0 aliphatic rings. The van der Waals surface area contributed by atoms with E-state index in [9.17, 15) is 19.7 Å². The highest BCUT2D eigenvalue weighted by molar-refractivity contribution is 6.08. The number of ether oxygens (including phenoxy) is 1. The van der Waals surface area contributed by atoms with E-state index < -0.39 is 16.8 Å². The molecule has 0 unspecified atom stereocenters. The molecule has 1 amide bonds. The molecule has 0 saturated heterocycles. The number of carbonyl (C=O) groups is 2. The Morgan fingerprint density at radius 1 is 1.30 bits per heavy atom. The summed E-state index contributed by atoms with van der Waals surface area (Å²) >= 11 is 0. The first-order chi connectivity index (χ1) is 10.8. The monoisotopic (exact) mass is 318 g/mol. The van der Waals surface area contributed by atoms with Crippen molar-refractivity contribution in [1.29, 1.82) is 0 Å². The van der Waals surface area contributed by atoms with Crippen molar-refractivity contribution in [2.24, 2.45) is 7.05 Å². The van der Waals surface area contributed by atoms with Crippen LogP contribution in [0.25, 0.3) is 0 Å². The lowest BCUT2D eigenvalue weighted by Gasteiger charge is -2.07. The molecule has 1 aromatic heterocycles. The molecule has 1 heterocycles. The summed E-state index contributed by atoms with van der Waals surface area (Å²) < 4.78 is 5.99. The summed E-state index contributed by atoms with van der Waals surface area (Å²) in [6, 6.07) is 5.12. The maximum absolute atomic E-state index is 12.2. The molecule has 1 N–H and O–H groups in total. The number of benzene rings is 1. The first-order valence-corrected chi connectivity index (χ1v) is 6.53.